The van der Waals surface area contributed by atoms with Gasteiger partial charge in [-0.05, 0) is 20.3 Å². The van der Waals surface area contributed by atoms with Gasteiger partial charge in [-0.2, -0.15) is 0 Å². The van der Waals surface area contributed by atoms with Crippen molar-refractivity contribution in [1.82, 2.24) is 0 Å². The highest BCUT2D eigenvalue weighted by atomic mass is 32.2. The van der Waals surface area contributed by atoms with Crippen molar-refractivity contribution in [1.29, 1.82) is 0 Å². The number of hydrogen-bond donors (Lipinski definition) is 0. The molecule has 0 aliphatic rings. The molecule has 0 fully saturated rings. The van der Waals surface area contributed by atoms with Gasteiger partial charge in [-0.1, -0.05) is 11.1 Å². The first-order chi connectivity index (χ1) is 4.63. The van der Waals surface area contributed by atoms with Crippen LogP contribution in [0.3, 0.4) is 0 Å². The summed E-state index contributed by atoms with van der Waals surface area (Å²) in [5, 5.41) is 0. The molecule has 0 aromatic heterocycles. The molecule has 62 valence electrons. The molecule has 1 atom stereocenters. The molecule has 0 radical (unpaired) electrons. The molecule has 0 heterocycles. The molecule has 0 aromatic rings. The van der Waals surface area contributed by atoms with Gasteiger partial charge in [0.1, 0.15) is 0 Å². The minimum absolute atomic E-state index is 0.195. The second kappa shape index (κ2) is 5.82. The van der Waals surface area contributed by atoms with Crippen LogP contribution in [0.4, 0.5) is 0 Å². The van der Waals surface area contributed by atoms with E-state index in [1.54, 1.807) is 0 Å². The Hall–Kier alpha value is 0.0700. The van der Waals surface area contributed by atoms with E-state index in [0.29, 0.717) is 13.0 Å². The Bertz CT molecular complexity index is 103. The van der Waals surface area contributed by atoms with Crippen LogP contribution in [0.2, 0.25) is 0 Å². The van der Waals surface area contributed by atoms with Crippen LogP contribution in [-0.2, 0) is 15.8 Å². The van der Waals surface area contributed by atoms with Gasteiger partial charge in [0.05, 0.1) is 6.10 Å². The average Bonchev–Trinajstić information content (AvgIpc) is 1.79. The van der Waals surface area contributed by atoms with Gasteiger partial charge in [0.25, 0.3) is 0 Å². The summed E-state index contributed by atoms with van der Waals surface area (Å²) in [6, 6.07) is 0. The van der Waals surface area contributed by atoms with Gasteiger partial charge in [0.15, 0.2) is 0 Å². The van der Waals surface area contributed by atoms with Crippen LogP contribution in [0.1, 0.15) is 20.3 Å². The minimum atomic E-state index is -1.91. The average molecular weight is 165 g/mol. The lowest BCUT2D eigenvalue weighted by Crippen LogP contribution is -2.06. The molecule has 0 saturated heterocycles. The van der Waals surface area contributed by atoms with E-state index in [1.165, 1.54) is 0 Å². The van der Waals surface area contributed by atoms with Crippen LogP contribution in [0, 0.1) is 0 Å². The molecular formula is C6H13O3S-. The molecule has 10 heavy (non-hydrogen) atoms. The topological polar surface area (TPSA) is 49.4 Å². The lowest BCUT2D eigenvalue weighted by molar-refractivity contribution is 0.0797. The van der Waals surface area contributed by atoms with Crippen molar-refractivity contribution in [2.45, 2.75) is 26.4 Å². The Morgan fingerprint density at radius 3 is 2.60 bits per heavy atom. The molecule has 0 aliphatic carbocycles. The first kappa shape index (κ1) is 10.1. The predicted molar refractivity (Wildman–Crippen MR) is 39.5 cm³/mol. The Balaban J connectivity index is 2.98. The summed E-state index contributed by atoms with van der Waals surface area (Å²) in [5.74, 6) is 0.201. The fourth-order valence-corrected chi connectivity index (χ4v) is 0.849. The van der Waals surface area contributed by atoms with Crippen LogP contribution in [-0.4, -0.2) is 27.2 Å². The molecule has 0 saturated carbocycles. The van der Waals surface area contributed by atoms with Gasteiger partial charge in [-0.15, -0.1) is 0 Å². The quantitative estimate of drug-likeness (QED) is 0.444. The highest BCUT2D eigenvalue weighted by Crippen LogP contribution is 1.90. The second-order valence-corrected chi connectivity index (χ2v) is 3.30. The van der Waals surface area contributed by atoms with Crippen molar-refractivity contribution in [3.8, 4) is 0 Å². The van der Waals surface area contributed by atoms with Crippen molar-refractivity contribution < 1.29 is 13.5 Å². The van der Waals surface area contributed by atoms with Crippen molar-refractivity contribution in [2.24, 2.45) is 0 Å². The lowest BCUT2D eigenvalue weighted by atomic mass is 10.4. The van der Waals surface area contributed by atoms with E-state index in [9.17, 15) is 8.76 Å². The molecular weight excluding hydrogens is 152 g/mol. The maximum absolute atomic E-state index is 9.99. The molecule has 0 bridgehead atoms. The Morgan fingerprint density at radius 1 is 1.60 bits per heavy atom. The summed E-state index contributed by atoms with van der Waals surface area (Å²) < 4.78 is 25.1. The van der Waals surface area contributed by atoms with Gasteiger partial charge in [0, 0.05) is 12.4 Å². The molecule has 0 spiro atoms. The van der Waals surface area contributed by atoms with Crippen molar-refractivity contribution in [3.05, 3.63) is 0 Å². The van der Waals surface area contributed by atoms with Gasteiger partial charge in [-0.3, -0.25) is 4.21 Å². The molecule has 3 nitrogen and oxygen atoms in total. The van der Waals surface area contributed by atoms with E-state index < -0.39 is 11.1 Å². The normalized spacial score (nSPS) is 14.0. The molecule has 4 heteroatoms. The van der Waals surface area contributed by atoms with E-state index in [-0.39, 0.29) is 11.9 Å². The van der Waals surface area contributed by atoms with E-state index in [2.05, 4.69) is 0 Å². The Morgan fingerprint density at radius 2 is 2.20 bits per heavy atom. The smallest absolute Gasteiger partial charge is 0.0518 e. The minimum Gasteiger partial charge on any atom is -0.772 e. The third-order valence-corrected chi connectivity index (χ3v) is 1.53. The molecule has 0 aromatic carbocycles. The van der Waals surface area contributed by atoms with Crippen LogP contribution in [0.15, 0.2) is 0 Å². The van der Waals surface area contributed by atoms with Gasteiger partial charge >= 0.3 is 0 Å². The summed E-state index contributed by atoms with van der Waals surface area (Å²) in [7, 11) is 0. The predicted octanol–water partition coefficient (Wildman–Crippen LogP) is 0.681. The van der Waals surface area contributed by atoms with E-state index in [0.717, 1.165) is 0 Å². The summed E-state index contributed by atoms with van der Waals surface area (Å²) in [6.07, 6.45) is 0.786. The van der Waals surface area contributed by atoms with Crippen LogP contribution in [0.25, 0.3) is 0 Å². The molecule has 0 N–H and O–H groups in total. The summed E-state index contributed by atoms with van der Waals surface area (Å²) in [4.78, 5) is 0. The molecule has 0 amide bonds. The van der Waals surface area contributed by atoms with Crippen molar-refractivity contribution >= 4 is 11.1 Å². The van der Waals surface area contributed by atoms with Gasteiger partial charge in [-0.25, -0.2) is 0 Å². The Labute approximate surface area is 64.1 Å². The first-order valence-corrected chi connectivity index (χ1v) is 4.55. The highest BCUT2D eigenvalue weighted by Gasteiger charge is 1.91. The van der Waals surface area contributed by atoms with Gasteiger partial charge < -0.3 is 9.29 Å². The van der Waals surface area contributed by atoms with E-state index >= 15 is 0 Å². The van der Waals surface area contributed by atoms with E-state index in [1.807, 2.05) is 13.8 Å². The third-order valence-electron chi connectivity index (χ3n) is 0.907. The van der Waals surface area contributed by atoms with Crippen LogP contribution in [0.5, 0.6) is 0 Å². The van der Waals surface area contributed by atoms with Crippen molar-refractivity contribution in [2.75, 3.05) is 12.4 Å². The fraction of sp³-hybridized carbons (Fsp3) is 1.00. The Kier molecular flexibility index (Phi) is 5.87. The van der Waals surface area contributed by atoms with E-state index in [4.69, 9.17) is 4.74 Å². The number of hydrogen-bond acceptors (Lipinski definition) is 3. The largest absolute Gasteiger partial charge is 0.772 e. The maximum Gasteiger partial charge on any atom is 0.0518 e. The third kappa shape index (κ3) is 8.07. The van der Waals surface area contributed by atoms with Crippen LogP contribution < -0.4 is 0 Å². The van der Waals surface area contributed by atoms with Gasteiger partial charge in [0.2, 0.25) is 0 Å². The van der Waals surface area contributed by atoms with Crippen molar-refractivity contribution in [3.63, 3.8) is 0 Å². The lowest BCUT2D eigenvalue weighted by Gasteiger charge is -2.07. The van der Waals surface area contributed by atoms with Crippen LogP contribution >= 0.6 is 0 Å². The zero-order valence-electron chi connectivity index (χ0n) is 6.33. The fourth-order valence-electron chi connectivity index (χ4n) is 0.496. The molecule has 0 rings (SSSR count). The standard InChI is InChI=1S/C6H14O3S/c1-6(2)9-4-3-5-10(7)8/h6H,3-5H2,1-2H3,(H,7,8)/p-1. The number of rotatable bonds is 5. The zero-order valence-corrected chi connectivity index (χ0v) is 7.15. The summed E-state index contributed by atoms with van der Waals surface area (Å²) in [6.45, 7) is 4.38. The number of ether oxygens (including phenoxy) is 1. The second-order valence-electron chi connectivity index (χ2n) is 2.28. The monoisotopic (exact) mass is 165 g/mol. The SMILES string of the molecule is CC(C)OCCCS(=O)[O-]. The zero-order chi connectivity index (χ0) is 7.98. The molecule has 0 aliphatic heterocycles. The summed E-state index contributed by atoms with van der Waals surface area (Å²) >= 11 is -1.91. The first-order valence-electron chi connectivity index (χ1n) is 3.30. The summed E-state index contributed by atoms with van der Waals surface area (Å²) in [5.41, 5.74) is 0. The highest BCUT2D eigenvalue weighted by molar-refractivity contribution is 7.79. The maximum atomic E-state index is 9.99. The molecule has 1 unspecified atom stereocenters.